The second-order valence-electron chi connectivity index (χ2n) is 5.98. The lowest BCUT2D eigenvalue weighted by molar-refractivity contribution is 0.0979. The number of carbonyl (C=O) groups excluding carboxylic acids is 3. The van der Waals surface area contributed by atoms with Crippen molar-refractivity contribution in [1.29, 1.82) is 0 Å². The number of rotatable bonds is 2. The van der Waals surface area contributed by atoms with E-state index in [1.165, 1.54) is 0 Å². The van der Waals surface area contributed by atoms with Crippen molar-refractivity contribution >= 4 is 28.8 Å². The minimum atomic E-state index is -0.349. The van der Waals surface area contributed by atoms with Gasteiger partial charge in [-0.15, -0.1) is 0 Å². The lowest BCUT2D eigenvalue weighted by atomic mass is 9.82. The highest BCUT2D eigenvalue weighted by molar-refractivity contribution is 6.32. The van der Waals surface area contributed by atoms with Gasteiger partial charge in [0.15, 0.2) is 11.6 Å². The molecule has 3 aromatic rings. The van der Waals surface area contributed by atoms with E-state index in [-0.39, 0.29) is 45.4 Å². The summed E-state index contributed by atoms with van der Waals surface area (Å²) in [4.78, 5) is 38.3. The van der Waals surface area contributed by atoms with E-state index in [2.05, 4.69) is 5.32 Å². The van der Waals surface area contributed by atoms with Crippen molar-refractivity contribution in [2.75, 3.05) is 11.1 Å². The first kappa shape index (κ1) is 15.8. The minimum absolute atomic E-state index is 0.194. The van der Waals surface area contributed by atoms with Gasteiger partial charge in [0, 0.05) is 22.4 Å². The van der Waals surface area contributed by atoms with Gasteiger partial charge in [-0.3, -0.25) is 14.4 Å². The predicted molar refractivity (Wildman–Crippen MR) is 98.6 cm³/mol. The fraction of sp³-hybridized carbons (Fsp3) is 0. The number of nitrogen functional groups attached to an aromatic ring is 1. The molecule has 5 heteroatoms. The van der Waals surface area contributed by atoms with Crippen LogP contribution in [-0.4, -0.2) is 17.5 Å². The average Bonchev–Trinajstić information content (AvgIpc) is 2.66. The molecule has 1 aliphatic rings. The number of amides is 1. The van der Waals surface area contributed by atoms with Crippen LogP contribution < -0.4 is 11.1 Å². The van der Waals surface area contributed by atoms with Gasteiger partial charge in [-0.1, -0.05) is 42.5 Å². The van der Waals surface area contributed by atoms with Gasteiger partial charge >= 0.3 is 0 Å². The monoisotopic (exact) mass is 342 g/mol. The summed E-state index contributed by atoms with van der Waals surface area (Å²) in [5, 5.41) is 2.74. The molecule has 0 fully saturated rings. The van der Waals surface area contributed by atoms with Crippen molar-refractivity contribution in [1.82, 2.24) is 0 Å². The standard InChI is InChI=1S/C21H14N2O3/c22-15-10-4-8-13-17(15)19(24)14-9-5-11-16(18(14)20(13)25)23-21(26)12-6-2-1-3-7-12/h1-11H,22H2,(H,23,26). The summed E-state index contributed by atoms with van der Waals surface area (Å²) >= 11 is 0. The largest absolute Gasteiger partial charge is 0.398 e. The molecule has 0 spiro atoms. The maximum absolute atomic E-state index is 13.0. The number of anilines is 2. The molecule has 0 aromatic heterocycles. The summed E-state index contributed by atoms with van der Waals surface area (Å²) in [5.41, 5.74) is 7.85. The highest BCUT2D eigenvalue weighted by Gasteiger charge is 2.33. The molecule has 0 atom stereocenters. The maximum atomic E-state index is 13.0. The van der Waals surface area contributed by atoms with Gasteiger partial charge in [0.25, 0.3) is 5.91 Å². The third kappa shape index (κ3) is 2.38. The molecule has 26 heavy (non-hydrogen) atoms. The van der Waals surface area contributed by atoms with Crippen LogP contribution in [0.4, 0.5) is 11.4 Å². The number of hydrogen-bond donors (Lipinski definition) is 2. The lowest BCUT2D eigenvalue weighted by Gasteiger charge is -2.21. The molecule has 0 saturated carbocycles. The molecule has 5 nitrogen and oxygen atoms in total. The van der Waals surface area contributed by atoms with Crippen LogP contribution in [-0.2, 0) is 0 Å². The summed E-state index contributed by atoms with van der Waals surface area (Å²) in [7, 11) is 0. The van der Waals surface area contributed by atoms with Crippen LogP contribution in [0.1, 0.15) is 42.2 Å². The highest BCUT2D eigenvalue weighted by Crippen LogP contribution is 2.34. The molecule has 0 aliphatic heterocycles. The Kier molecular flexibility index (Phi) is 3.62. The predicted octanol–water partition coefficient (Wildman–Crippen LogP) is 3.30. The first-order chi connectivity index (χ1) is 12.6. The van der Waals surface area contributed by atoms with E-state index in [1.54, 1.807) is 60.7 Å². The Morgan fingerprint density at radius 2 is 1.35 bits per heavy atom. The fourth-order valence-corrected chi connectivity index (χ4v) is 3.16. The van der Waals surface area contributed by atoms with Crippen molar-refractivity contribution < 1.29 is 14.4 Å². The Balaban J connectivity index is 1.81. The number of fused-ring (bicyclic) bond motifs is 2. The van der Waals surface area contributed by atoms with Gasteiger partial charge in [-0.05, 0) is 24.3 Å². The van der Waals surface area contributed by atoms with Crippen molar-refractivity contribution in [2.45, 2.75) is 0 Å². The number of carbonyl (C=O) groups is 3. The molecule has 0 bridgehead atoms. The van der Waals surface area contributed by atoms with E-state index in [0.717, 1.165) is 0 Å². The quantitative estimate of drug-likeness (QED) is 0.547. The Bertz CT molecular complexity index is 1070. The molecular formula is C21H14N2O3. The molecular weight excluding hydrogens is 328 g/mol. The van der Waals surface area contributed by atoms with E-state index < -0.39 is 0 Å². The van der Waals surface area contributed by atoms with Crippen molar-refractivity contribution in [3.05, 3.63) is 94.5 Å². The molecule has 3 N–H and O–H groups in total. The first-order valence-electron chi connectivity index (χ1n) is 8.05. The molecule has 0 unspecified atom stereocenters. The third-order valence-corrected chi connectivity index (χ3v) is 4.39. The van der Waals surface area contributed by atoms with Crippen LogP contribution in [0.25, 0.3) is 0 Å². The highest BCUT2D eigenvalue weighted by atomic mass is 16.2. The van der Waals surface area contributed by atoms with Crippen LogP contribution >= 0.6 is 0 Å². The number of ketones is 2. The van der Waals surface area contributed by atoms with Crippen molar-refractivity contribution in [2.24, 2.45) is 0 Å². The zero-order valence-electron chi connectivity index (χ0n) is 13.7. The molecule has 1 aliphatic carbocycles. The summed E-state index contributed by atoms with van der Waals surface area (Å²) in [6.07, 6.45) is 0. The number of nitrogens with two attached hydrogens (primary N) is 1. The van der Waals surface area contributed by atoms with Crippen LogP contribution in [0.3, 0.4) is 0 Å². The topological polar surface area (TPSA) is 89.3 Å². The SMILES string of the molecule is Nc1cccc2c1C(=O)c1cccc(NC(=O)c3ccccc3)c1C2=O. The first-order valence-corrected chi connectivity index (χ1v) is 8.05. The molecule has 126 valence electrons. The van der Waals surface area contributed by atoms with Crippen LogP contribution in [0.15, 0.2) is 66.7 Å². The van der Waals surface area contributed by atoms with Gasteiger partial charge in [0.2, 0.25) is 0 Å². The van der Waals surface area contributed by atoms with Gasteiger partial charge in [-0.2, -0.15) is 0 Å². The number of nitrogens with one attached hydrogen (secondary N) is 1. The van der Waals surface area contributed by atoms with E-state index in [1.807, 2.05) is 6.07 Å². The van der Waals surface area contributed by atoms with E-state index in [4.69, 9.17) is 5.73 Å². The van der Waals surface area contributed by atoms with E-state index in [0.29, 0.717) is 11.3 Å². The second-order valence-corrected chi connectivity index (χ2v) is 5.98. The Morgan fingerprint density at radius 1 is 0.731 bits per heavy atom. The Labute approximate surface area is 149 Å². The third-order valence-electron chi connectivity index (χ3n) is 4.39. The maximum Gasteiger partial charge on any atom is 0.255 e. The Hall–Kier alpha value is -3.73. The normalized spacial score (nSPS) is 12.3. The lowest BCUT2D eigenvalue weighted by Crippen LogP contribution is -2.25. The summed E-state index contributed by atoms with van der Waals surface area (Å²) in [5.74, 6) is -0.994. The Morgan fingerprint density at radius 3 is 2.08 bits per heavy atom. The van der Waals surface area contributed by atoms with Gasteiger partial charge < -0.3 is 11.1 Å². The van der Waals surface area contributed by atoms with Crippen molar-refractivity contribution in [3.63, 3.8) is 0 Å². The zero-order valence-corrected chi connectivity index (χ0v) is 13.7. The second kappa shape index (κ2) is 5.97. The van der Waals surface area contributed by atoms with Gasteiger partial charge in [0.05, 0.1) is 16.8 Å². The molecule has 0 radical (unpaired) electrons. The minimum Gasteiger partial charge on any atom is -0.398 e. The van der Waals surface area contributed by atoms with Gasteiger partial charge in [-0.25, -0.2) is 0 Å². The van der Waals surface area contributed by atoms with E-state index in [9.17, 15) is 14.4 Å². The van der Waals surface area contributed by atoms with Crippen LogP contribution in [0, 0.1) is 0 Å². The molecule has 4 rings (SSSR count). The summed E-state index contributed by atoms with van der Waals surface area (Å²) in [6.45, 7) is 0. The smallest absolute Gasteiger partial charge is 0.255 e. The van der Waals surface area contributed by atoms with Gasteiger partial charge in [0.1, 0.15) is 0 Å². The van der Waals surface area contributed by atoms with Crippen LogP contribution in [0.5, 0.6) is 0 Å². The molecule has 0 heterocycles. The summed E-state index contributed by atoms with van der Waals surface area (Å²) in [6, 6.07) is 18.3. The molecule has 3 aromatic carbocycles. The average molecular weight is 342 g/mol. The van der Waals surface area contributed by atoms with Crippen LogP contribution in [0.2, 0.25) is 0 Å². The van der Waals surface area contributed by atoms with E-state index >= 15 is 0 Å². The molecule has 0 saturated heterocycles. The zero-order chi connectivity index (χ0) is 18.3. The molecule has 1 amide bonds. The fourth-order valence-electron chi connectivity index (χ4n) is 3.16. The summed E-state index contributed by atoms with van der Waals surface area (Å²) < 4.78 is 0. The number of benzene rings is 3. The van der Waals surface area contributed by atoms with Crippen molar-refractivity contribution in [3.8, 4) is 0 Å². The number of hydrogen-bond acceptors (Lipinski definition) is 4.